The Hall–Kier alpha value is -2.61. The average molecular weight is 452 g/mol. The van der Waals surface area contributed by atoms with Gasteiger partial charge >= 0.3 is 0 Å². The fourth-order valence-electron chi connectivity index (χ4n) is 3.92. The third-order valence-corrected chi connectivity index (χ3v) is 6.64. The molecule has 0 aliphatic carbocycles. The fraction of sp³-hybridized carbons (Fsp3) is 0.360. The van der Waals surface area contributed by atoms with E-state index in [2.05, 4.69) is 46.6 Å². The van der Waals surface area contributed by atoms with Gasteiger partial charge < -0.3 is 14.6 Å². The normalized spacial score (nSPS) is 15.4. The number of thioether (sulfide) groups is 1. The molecule has 1 aliphatic rings. The van der Waals surface area contributed by atoms with Crippen molar-refractivity contribution >= 4 is 17.7 Å². The van der Waals surface area contributed by atoms with Gasteiger partial charge in [-0.15, -0.1) is 11.8 Å². The molecule has 0 bridgehead atoms. The van der Waals surface area contributed by atoms with Crippen molar-refractivity contribution < 1.29 is 14.1 Å². The maximum Gasteiger partial charge on any atom is 0.252 e. The smallest absolute Gasteiger partial charge is 0.252 e. The van der Waals surface area contributed by atoms with Gasteiger partial charge in [0.1, 0.15) is 5.76 Å². The van der Waals surface area contributed by atoms with Gasteiger partial charge in [-0.1, -0.05) is 47.1 Å². The van der Waals surface area contributed by atoms with Gasteiger partial charge in [0.05, 0.1) is 36.3 Å². The number of carbonyl (C=O) groups excluding carboxylic acids is 1. The van der Waals surface area contributed by atoms with Crippen LogP contribution >= 0.6 is 11.8 Å². The molecule has 1 fully saturated rings. The first-order valence-electron chi connectivity index (χ1n) is 10.9. The first-order chi connectivity index (χ1) is 15.6. The molecule has 1 atom stereocenters. The van der Waals surface area contributed by atoms with Crippen LogP contribution in [0.1, 0.15) is 39.0 Å². The lowest BCUT2D eigenvalue weighted by Crippen LogP contribution is -2.43. The van der Waals surface area contributed by atoms with Gasteiger partial charge in [-0.05, 0) is 31.5 Å². The summed E-state index contributed by atoms with van der Waals surface area (Å²) in [5.74, 6) is 1.37. The van der Waals surface area contributed by atoms with Gasteiger partial charge in [-0.25, -0.2) is 0 Å². The Labute approximate surface area is 193 Å². The molecule has 1 saturated heterocycles. The number of nitrogens with zero attached hydrogens (tertiary/aromatic N) is 2. The van der Waals surface area contributed by atoms with Crippen LogP contribution in [-0.2, 0) is 10.5 Å². The molecule has 1 aromatic heterocycles. The topological polar surface area (TPSA) is 67.6 Å². The Morgan fingerprint density at radius 1 is 1.12 bits per heavy atom. The molecule has 0 spiro atoms. The van der Waals surface area contributed by atoms with Gasteiger partial charge in [-0.2, -0.15) is 0 Å². The SMILES string of the molecule is Cc1cccc(C(CNC(=O)c2ccccc2SCc2cc(C)no2)N2CCOCC2)c1. The van der Waals surface area contributed by atoms with E-state index in [0.717, 1.165) is 42.7 Å². The minimum Gasteiger partial charge on any atom is -0.379 e. The van der Waals surface area contributed by atoms with E-state index in [0.29, 0.717) is 17.9 Å². The molecule has 6 nitrogen and oxygen atoms in total. The number of ether oxygens (including phenoxy) is 1. The summed E-state index contributed by atoms with van der Waals surface area (Å²) >= 11 is 1.58. The van der Waals surface area contributed by atoms with Crippen molar-refractivity contribution in [2.75, 3.05) is 32.8 Å². The monoisotopic (exact) mass is 451 g/mol. The number of aromatic nitrogens is 1. The summed E-state index contributed by atoms with van der Waals surface area (Å²) in [5.41, 5.74) is 3.97. The molecule has 0 radical (unpaired) electrons. The summed E-state index contributed by atoms with van der Waals surface area (Å²) in [6.07, 6.45) is 0. The number of benzene rings is 2. The van der Waals surface area contributed by atoms with Crippen LogP contribution in [-0.4, -0.2) is 48.8 Å². The van der Waals surface area contributed by atoms with Gasteiger partial charge in [0.2, 0.25) is 0 Å². The van der Waals surface area contributed by atoms with E-state index < -0.39 is 0 Å². The Kier molecular flexibility index (Phi) is 7.63. The number of nitrogens with one attached hydrogen (secondary N) is 1. The number of morpholine rings is 1. The Bertz CT molecular complexity index is 1050. The van der Waals surface area contributed by atoms with Crippen molar-refractivity contribution in [1.29, 1.82) is 0 Å². The van der Waals surface area contributed by atoms with Crippen LogP contribution in [0.2, 0.25) is 0 Å². The minimum absolute atomic E-state index is 0.0623. The lowest BCUT2D eigenvalue weighted by molar-refractivity contribution is 0.0162. The number of carbonyl (C=O) groups is 1. The Balaban J connectivity index is 1.46. The highest BCUT2D eigenvalue weighted by atomic mass is 32.2. The minimum atomic E-state index is -0.0623. The van der Waals surface area contributed by atoms with Crippen molar-refractivity contribution in [3.8, 4) is 0 Å². The molecule has 4 rings (SSSR count). The number of hydrogen-bond acceptors (Lipinski definition) is 6. The molecule has 1 amide bonds. The molecule has 168 valence electrons. The largest absolute Gasteiger partial charge is 0.379 e. The number of rotatable bonds is 8. The van der Waals surface area contributed by atoms with Crippen LogP contribution in [0, 0.1) is 13.8 Å². The molecule has 7 heteroatoms. The van der Waals surface area contributed by atoms with E-state index in [9.17, 15) is 4.79 Å². The molecule has 32 heavy (non-hydrogen) atoms. The highest BCUT2D eigenvalue weighted by Crippen LogP contribution is 2.27. The van der Waals surface area contributed by atoms with E-state index in [1.165, 1.54) is 11.1 Å². The second-order valence-corrected chi connectivity index (χ2v) is 9.02. The molecule has 2 heterocycles. The van der Waals surface area contributed by atoms with E-state index in [1.54, 1.807) is 11.8 Å². The molecule has 1 N–H and O–H groups in total. The van der Waals surface area contributed by atoms with Crippen molar-refractivity contribution in [1.82, 2.24) is 15.4 Å². The summed E-state index contributed by atoms with van der Waals surface area (Å²) in [7, 11) is 0. The zero-order valence-electron chi connectivity index (χ0n) is 18.5. The lowest BCUT2D eigenvalue weighted by atomic mass is 10.0. The molecular formula is C25H29N3O3S. The summed E-state index contributed by atoms with van der Waals surface area (Å²) in [5, 5.41) is 7.12. The molecule has 1 unspecified atom stereocenters. The first kappa shape index (κ1) is 22.6. The molecule has 2 aromatic carbocycles. The average Bonchev–Trinajstić information content (AvgIpc) is 3.24. The second-order valence-electron chi connectivity index (χ2n) is 8.01. The zero-order chi connectivity index (χ0) is 22.3. The highest BCUT2D eigenvalue weighted by molar-refractivity contribution is 7.98. The van der Waals surface area contributed by atoms with E-state index >= 15 is 0 Å². The zero-order valence-corrected chi connectivity index (χ0v) is 19.4. The standard InChI is InChI=1S/C25H29N3O3S/c1-18-6-5-7-20(14-18)23(28-10-12-30-13-11-28)16-26-25(29)22-8-3-4-9-24(22)32-17-21-15-19(2)27-31-21/h3-9,14-15,23H,10-13,16-17H2,1-2H3,(H,26,29). The third kappa shape index (κ3) is 5.79. The van der Waals surface area contributed by atoms with E-state index in [-0.39, 0.29) is 11.9 Å². The van der Waals surface area contributed by atoms with Gasteiger partial charge in [-0.3, -0.25) is 9.69 Å². The van der Waals surface area contributed by atoms with E-state index in [1.807, 2.05) is 37.3 Å². The second kappa shape index (κ2) is 10.8. The highest BCUT2D eigenvalue weighted by Gasteiger charge is 2.24. The first-order valence-corrected chi connectivity index (χ1v) is 11.9. The van der Waals surface area contributed by atoms with Gasteiger partial charge in [0, 0.05) is 30.6 Å². The third-order valence-electron chi connectivity index (χ3n) is 5.55. The van der Waals surface area contributed by atoms with Gasteiger partial charge in [0.25, 0.3) is 5.91 Å². The maximum atomic E-state index is 13.2. The van der Waals surface area contributed by atoms with Crippen LogP contribution in [0.15, 0.2) is 64.0 Å². The predicted octanol–water partition coefficient (Wildman–Crippen LogP) is 4.39. The molecule has 3 aromatic rings. The molecule has 0 saturated carbocycles. The van der Waals surface area contributed by atoms with Crippen LogP contribution in [0.25, 0.3) is 0 Å². The van der Waals surface area contributed by atoms with Crippen molar-refractivity contribution in [3.05, 3.63) is 82.7 Å². The van der Waals surface area contributed by atoms with Crippen LogP contribution in [0.3, 0.4) is 0 Å². The summed E-state index contributed by atoms with van der Waals surface area (Å²) in [6.45, 7) is 7.70. The van der Waals surface area contributed by atoms with Crippen molar-refractivity contribution in [2.24, 2.45) is 0 Å². The fourth-order valence-corrected chi connectivity index (χ4v) is 4.85. The van der Waals surface area contributed by atoms with Crippen LogP contribution in [0.5, 0.6) is 0 Å². The summed E-state index contributed by atoms with van der Waals surface area (Å²) in [4.78, 5) is 16.5. The number of hydrogen-bond donors (Lipinski definition) is 1. The number of amides is 1. The molecule has 1 aliphatic heterocycles. The maximum absolute atomic E-state index is 13.2. The van der Waals surface area contributed by atoms with Crippen molar-refractivity contribution in [2.45, 2.75) is 30.5 Å². The quantitative estimate of drug-likeness (QED) is 0.513. The Morgan fingerprint density at radius 2 is 1.94 bits per heavy atom. The van der Waals surface area contributed by atoms with Gasteiger partial charge in [0.15, 0.2) is 0 Å². The summed E-state index contributed by atoms with van der Waals surface area (Å²) < 4.78 is 10.8. The van der Waals surface area contributed by atoms with Crippen LogP contribution < -0.4 is 5.32 Å². The Morgan fingerprint density at radius 3 is 2.69 bits per heavy atom. The van der Waals surface area contributed by atoms with Crippen LogP contribution in [0.4, 0.5) is 0 Å². The van der Waals surface area contributed by atoms with Crippen molar-refractivity contribution in [3.63, 3.8) is 0 Å². The number of aryl methyl sites for hydroxylation is 2. The van der Waals surface area contributed by atoms with E-state index in [4.69, 9.17) is 9.26 Å². The lowest BCUT2D eigenvalue weighted by Gasteiger charge is -2.35. The molecular weight excluding hydrogens is 422 g/mol. The predicted molar refractivity (Wildman–Crippen MR) is 126 cm³/mol. The summed E-state index contributed by atoms with van der Waals surface area (Å²) in [6, 6.07) is 18.3.